The van der Waals surface area contributed by atoms with Gasteiger partial charge in [0.15, 0.2) is 0 Å². The Balaban J connectivity index is 1.76. The van der Waals surface area contributed by atoms with E-state index in [4.69, 9.17) is 9.47 Å². The standard InChI is InChI=1S/C23H30N2O3/c1-3-5-6-9-17-27-20-14-12-19(13-15-20)25-23(26)18-24-21-10-7-8-11-22(21)28-16-4-2/h4,7-8,10-15,24H,2-3,5-6,9,16-18H2,1H3,(H,25,26). The predicted octanol–water partition coefficient (Wildman–Crippen LogP) is 5.26. The molecule has 0 atom stereocenters. The molecule has 5 nitrogen and oxygen atoms in total. The smallest absolute Gasteiger partial charge is 0.243 e. The van der Waals surface area contributed by atoms with Gasteiger partial charge in [0.25, 0.3) is 0 Å². The second-order valence-electron chi connectivity index (χ2n) is 6.43. The highest BCUT2D eigenvalue weighted by molar-refractivity contribution is 5.94. The Labute approximate surface area is 167 Å². The zero-order chi connectivity index (χ0) is 20.0. The molecule has 1 amide bonds. The summed E-state index contributed by atoms with van der Waals surface area (Å²) < 4.78 is 11.3. The molecule has 2 rings (SSSR count). The van der Waals surface area contributed by atoms with Gasteiger partial charge in [-0.2, -0.15) is 0 Å². The fourth-order valence-electron chi connectivity index (χ4n) is 2.62. The first-order valence-corrected chi connectivity index (χ1v) is 9.82. The van der Waals surface area contributed by atoms with Crippen molar-refractivity contribution >= 4 is 17.3 Å². The number of unbranched alkanes of at least 4 members (excludes halogenated alkanes) is 3. The van der Waals surface area contributed by atoms with E-state index in [9.17, 15) is 4.79 Å². The predicted molar refractivity (Wildman–Crippen MR) is 115 cm³/mol. The molecule has 0 radical (unpaired) electrons. The van der Waals surface area contributed by atoms with E-state index in [0.717, 1.165) is 30.2 Å². The van der Waals surface area contributed by atoms with Crippen molar-refractivity contribution in [2.24, 2.45) is 0 Å². The molecular formula is C23H30N2O3. The van der Waals surface area contributed by atoms with E-state index in [1.807, 2.05) is 48.5 Å². The molecule has 2 aromatic carbocycles. The number of carbonyl (C=O) groups excluding carboxylic acids is 1. The lowest BCUT2D eigenvalue weighted by molar-refractivity contribution is -0.114. The fraction of sp³-hybridized carbons (Fsp3) is 0.348. The van der Waals surface area contributed by atoms with Crippen LogP contribution >= 0.6 is 0 Å². The zero-order valence-corrected chi connectivity index (χ0v) is 16.6. The highest BCUT2D eigenvalue weighted by atomic mass is 16.5. The van der Waals surface area contributed by atoms with Crippen molar-refractivity contribution in [3.8, 4) is 11.5 Å². The fourth-order valence-corrected chi connectivity index (χ4v) is 2.62. The number of carbonyl (C=O) groups is 1. The van der Waals surface area contributed by atoms with Crippen molar-refractivity contribution in [2.45, 2.75) is 32.6 Å². The van der Waals surface area contributed by atoms with Gasteiger partial charge in [-0.1, -0.05) is 51.0 Å². The summed E-state index contributed by atoms with van der Waals surface area (Å²) in [6, 6.07) is 14.9. The molecule has 2 aromatic rings. The molecule has 0 heterocycles. The summed E-state index contributed by atoms with van der Waals surface area (Å²) in [6.07, 6.45) is 6.40. The molecule has 150 valence electrons. The van der Waals surface area contributed by atoms with E-state index in [2.05, 4.69) is 24.1 Å². The Morgan fingerprint density at radius 2 is 1.82 bits per heavy atom. The first kappa shape index (κ1) is 21.4. The largest absolute Gasteiger partial charge is 0.494 e. The molecule has 0 aliphatic heterocycles. The van der Waals surface area contributed by atoms with Gasteiger partial charge in [0, 0.05) is 5.69 Å². The zero-order valence-electron chi connectivity index (χ0n) is 16.6. The Hall–Kier alpha value is -2.95. The van der Waals surface area contributed by atoms with E-state index < -0.39 is 0 Å². The Morgan fingerprint density at radius 1 is 1.04 bits per heavy atom. The van der Waals surface area contributed by atoms with Crippen LogP contribution < -0.4 is 20.1 Å². The SMILES string of the molecule is C=CCOc1ccccc1NCC(=O)Nc1ccc(OCCCCCC)cc1. The third kappa shape index (κ3) is 7.74. The summed E-state index contributed by atoms with van der Waals surface area (Å²) in [6.45, 7) is 7.12. The number of anilines is 2. The maximum absolute atomic E-state index is 12.2. The minimum atomic E-state index is -0.133. The molecule has 0 saturated carbocycles. The quantitative estimate of drug-likeness (QED) is 0.366. The Morgan fingerprint density at radius 3 is 2.57 bits per heavy atom. The van der Waals surface area contributed by atoms with Crippen molar-refractivity contribution in [3.05, 3.63) is 61.2 Å². The minimum absolute atomic E-state index is 0.133. The Kier molecular flexibility index (Phi) is 9.49. The third-order valence-electron chi connectivity index (χ3n) is 4.09. The average molecular weight is 383 g/mol. The van der Waals surface area contributed by atoms with Crippen LogP contribution in [0.5, 0.6) is 11.5 Å². The second kappa shape index (κ2) is 12.4. The van der Waals surface area contributed by atoms with Gasteiger partial charge in [0.2, 0.25) is 5.91 Å². The number of benzene rings is 2. The normalized spacial score (nSPS) is 10.2. The van der Waals surface area contributed by atoms with E-state index in [0.29, 0.717) is 12.4 Å². The van der Waals surface area contributed by atoms with Gasteiger partial charge in [-0.25, -0.2) is 0 Å². The highest BCUT2D eigenvalue weighted by Gasteiger charge is 2.06. The van der Waals surface area contributed by atoms with Crippen LogP contribution in [-0.4, -0.2) is 25.7 Å². The topological polar surface area (TPSA) is 59.6 Å². The first-order valence-electron chi connectivity index (χ1n) is 9.82. The molecule has 2 N–H and O–H groups in total. The molecule has 0 spiro atoms. The van der Waals surface area contributed by atoms with Gasteiger partial charge >= 0.3 is 0 Å². The average Bonchev–Trinajstić information content (AvgIpc) is 2.72. The van der Waals surface area contributed by atoms with E-state index in [1.54, 1.807) is 6.08 Å². The van der Waals surface area contributed by atoms with E-state index in [-0.39, 0.29) is 12.5 Å². The number of hydrogen-bond donors (Lipinski definition) is 2. The molecule has 0 aliphatic carbocycles. The van der Waals surface area contributed by atoms with Crippen LogP contribution in [-0.2, 0) is 4.79 Å². The van der Waals surface area contributed by atoms with Crippen molar-refractivity contribution in [3.63, 3.8) is 0 Å². The lowest BCUT2D eigenvalue weighted by Gasteiger charge is -2.12. The maximum atomic E-state index is 12.2. The number of para-hydroxylation sites is 2. The van der Waals surface area contributed by atoms with Gasteiger partial charge in [0.1, 0.15) is 18.1 Å². The molecule has 0 fully saturated rings. The van der Waals surface area contributed by atoms with Gasteiger partial charge < -0.3 is 20.1 Å². The lowest BCUT2D eigenvalue weighted by Crippen LogP contribution is -2.22. The van der Waals surface area contributed by atoms with Crippen LogP contribution in [0.25, 0.3) is 0 Å². The minimum Gasteiger partial charge on any atom is -0.494 e. The summed E-state index contributed by atoms with van der Waals surface area (Å²) in [5, 5.41) is 5.97. The van der Waals surface area contributed by atoms with Crippen molar-refractivity contribution in [1.82, 2.24) is 0 Å². The maximum Gasteiger partial charge on any atom is 0.243 e. The molecular weight excluding hydrogens is 352 g/mol. The van der Waals surface area contributed by atoms with E-state index >= 15 is 0 Å². The third-order valence-corrected chi connectivity index (χ3v) is 4.09. The lowest BCUT2D eigenvalue weighted by atomic mass is 10.2. The first-order chi connectivity index (χ1) is 13.7. The van der Waals surface area contributed by atoms with Crippen LogP contribution in [0.3, 0.4) is 0 Å². The van der Waals surface area contributed by atoms with Crippen molar-refractivity contribution in [2.75, 3.05) is 30.4 Å². The summed E-state index contributed by atoms with van der Waals surface area (Å²) in [4.78, 5) is 12.2. The number of nitrogens with one attached hydrogen (secondary N) is 2. The van der Waals surface area contributed by atoms with Crippen LogP contribution in [0.2, 0.25) is 0 Å². The number of rotatable bonds is 13. The second-order valence-corrected chi connectivity index (χ2v) is 6.43. The van der Waals surface area contributed by atoms with Gasteiger partial charge in [0.05, 0.1) is 18.8 Å². The molecule has 0 aliphatic rings. The molecule has 0 aromatic heterocycles. The van der Waals surface area contributed by atoms with Crippen LogP contribution in [0, 0.1) is 0 Å². The Bertz CT molecular complexity index is 729. The summed E-state index contributed by atoms with van der Waals surface area (Å²) >= 11 is 0. The van der Waals surface area contributed by atoms with Gasteiger partial charge in [-0.05, 0) is 42.8 Å². The summed E-state index contributed by atoms with van der Waals surface area (Å²) in [7, 11) is 0. The summed E-state index contributed by atoms with van der Waals surface area (Å²) in [5.74, 6) is 1.38. The number of amides is 1. The van der Waals surface area contributed by atoms with Crippen LogP contribution in [0.1, 0.15) is 32.6 Å². The van der Waals surface area contributed by atoms with E-state index in [1.165, 1.54) is 19.3 Å². The molecule has 28 heavy (non-hydrogen) atoms. The monoisotopic (exact) mass is 382 g/mol. The number of ether oxygens (including phenoxy) is 2. The highest BCUT2D eigenvalue weighted by Crippen LogP contribution is 2.23. The molecule has 5 heteroatoms. The number of hydrogen-bond acceptors (Lipinski definition) is 4. The van der Waals surface area contributed by atoms with Crippen LogP contribution in [0.15, 0.2) is 61.2 Å². The summed E-state index contributed by atoms with van der Waals surface area (Å²) in [5.41, 5.74) is 1.51. The molecule has 0 bridgehead atoms. The molecule has 0 saturated heterocycles. The van der Waals surface area contributed by atoms with Crippen LogP contribution in [0.4, 0.5) is 11.4 Å². The van der Waals surface area contributed by atoms with Gasteiger partial charge in [-0.3, -0.25) is 4.79 Å². The van der Waals surface area contributed by atoms with Crippen molar-refractivity contribution < 1.29 is 14.3 Å². The molecule has 0 unspecified atom stereocenters. The van der Waals surface area contributed by atoms with Crippen molar-refractivity contribution in [1.29, 1.82) is 0 Å². The van der Waals surface area contributed by atoms with Gasteiger partial charge in [-0.15, -0.1) is 0 Å².